The SMILES string of the molecule is CCC(CC)[C@@H]1C[C@H](c2ccccc2)CCN1C(=O)[C@@H]1C[NH2+]C[C@]12C[NH2+]Cc1c(OC)cccc12. The fourth-order valence-corrected chi connectivity index (χ4v) is 7.53. The minimum Gasteiger partial charge on any atom is -0.496 e. The third-order valence-electron chi connectivity index (χ3n) is 9.41. The first kappa shape index (κ1) is 24.3. The molecule has 0 unspecified atom stereocenters. The maximum absolute atomic E-state index is 14.5. The van der Waals surface area contributed by atoms with Gasteiger partial charge in [-0.05, 0) is 41.9 Å². The Morgan fingerprint density at radius 2 is 1.86 bits per heavy atom. The normalized spacial score (nSPS) is 28.3. The summed E-state index contributed by atoms with van der Waals surface area (Å²) in [6.45, 7) is 9.25. The lowest BCUT2D eigenvalue weighted by molar-refractivity contribution is -0.691. The lowest BCUT2D eigenvalue weighted by atomic mass is 9.68. The maximum atomic E-state index is 14.5. The van der Waals surface area contributed by atoms with Gasteiger partial charge in [0.05, 0.1) is 32.3 Å². The molecule has 188 valence electrons. The van der Waals surface area contributed by atoms with Gasteiger partial charge >= 0.3 is 0 Å². The van der Waals surface area contributed by atoms with E-state index in [0.717, 1.165) is 64.2 Å². The molecule has 2 fully saturated rings. The summed E-state index contributed by atoms with van der Waals surface area (Å²) in [4.78, 5) is 16.8. The highest BCUT2D eigenvalue weighted by Gasteiger charge is 2.57. The number of fused-ring (bicyclic) bond motifs is 2. The van der Waals surface area contributed by atoms with Gasteiger partial charge in [0.1, 0.15) is 23.6 Å². The molecule has 35 heavy (non-hydrogen) atoms. The van der Waals surface area contributed by atoms with Crippen LogP contribution < -0.4 is 15.4 Å². The van der Waals surface area contributed by atoms with E-state index in [9.17, 15) is 4.79 Å². The highest BCUT2D eigenvalue weighted by Crippen LogP contribution is 2.42. The number of ether oxygens (including phenoxy) is 1. The molecule has 0 aromatic heterocycles. The highest BCUT2D eigenvalue weighted by atomic mass is 16.5. The van der Waals surface area contributed by atoms with E-state index in [0.29, 0.717) is 23.8 Å². The third-order valence-corrected chi connectivity index (χ3v) is 9.41. The van der Waals surface area contributed by atoms with Crippen molar-refractivity contribution in [1.29, 1.82) is 0 Å². The summed E-state index contributed by atoms with van der Waals surface area (Å²) in [6, 6.07) is 17.7. The Morgan fingerprint density at radius 1 is 1.09 bits per heavy atom. The summed E-state index contributed by atoms with van der Waals surface area (Å²) >= 11 is 0. The van der Waals surface area contributed by atoms with Crippen LogP contribution in [-0.2, 0) is 16.8 Å². The molecule has 0 radical (unpaired) electrons. The van der Waals surface area contributed by atoms with Crippen LogP contribution in [-0.4, -0.2) is 50.1 Å². The predicted octanol–water partition coefficient (Wildman–Crippen LogP) is 2.41. The molecule has 0 aliphatic carbocycles. The van der Waals surface area contributed by atoms with Crippen LogP contribution in [0.3, 0.4) is 0 Å². The number of nitrogens with two attached hydrogens (primary N) is 2. The second-order valence-corrected chi connectivity index (χ2v) is 10.9. The topological polar surface area (TPSA) is 62.8 Å². The number of quaternary nitrogens is 2. The second kappa shape index (κ2) is 10.3. The van der Waals surface area contributed by atoms with Crippen LogP contribution in [0.5, 0.6) is 5.75 Å². The monoisotopic (exact) mass is 477 g/mol. The van der Waals surface area contributed by atoms with Crippen molar-refractivity contribution >= 4 is 5.91 Å². The van der Waals surface area contributed by atoms with Gasteiger partial charge in [-0.25, -0.2) is 0 Å². The molecule has 4 atom stereocenters. The molecular weight excluding hydrogens is 434 g/mol. The molecule has 5 heteroatoms. The molecule has 5 rings (SSSR count). The number of nitrogens with zero attached hydrogens (tertiary/aromatic N) is 1. The molecule has 3 aliphatic heterocycles. The van der Waals surface area contributed by atoms with Crippen molar-refractivity contribution in [2.45, 2.75) is 63.5 Å². The summed E-state index contributed by atoms with van der Waals surface area (Å²) in [6.07, 6.45) is 4.40. The first-order valence-electron chi connectivity index (χ1n) is 13.8. The van der Waals surface area contributed by atoms with E-state index in [2.05, 4.69) is 77.9 Å². The summed E-state index contributed by atoms with van der Waals surface area (Å²) in [5, 5.41) is 4.78. The number of carbonyl (C=O) groups excluding carboxylic acids is 1. The van der Waals surface area contributed by atoms with Crippen molar-refractivity contribution in [2.75, 3.05) is 33.3 Å². The van der Waals surface area contributed by atoms with E-state index in [1.54, 1.807) is 7.11 Å². The Hall–Kier alpha value is -2.37. The first-order chi connectivity index (χ1) is 17.1. The van der Waals surface area contributed by atoms with Gasteiger partial charge in [-0.15, -0.1) is 0 Å². The average Bonchev–Trinajstić information content (AvgIpc) is 3.33. The van der Waals surface area contributed by atoms with E-state index < -0.39 is 0 Å². The minimum atomic E-state index is -0.117. The number of amides is 1. The van der Waals surface area contributed by atoms with Crippen LogP contribution in [0.15, 0.2) is 48.5 Å². The van der Waals surface area contributed by atoms with Crippen LogP contribution >= 0.6 is 0 Å². The van der Waals surface area contributed by atoms with Gasteiger partial charge in [-0.3, -0.25) is 4.79 Å². The minimum absolute atomic E-state index is 0.0232. The molecule has 5 nitrogen and oxygen atoms in total. The number of methoxy groups -OCH3 is 1. The standard InChI is InChI=1S/C30H41N3O2/c1-4-21(5-2)27-16-23(22-10-7-6-8-11-22)14-15-33(27)29(34)26-18-32-20-30(26)19-31-17-24-25(30)12-9-13-28(24)35-3/h6-13,21,23,26-27,31-32H,4-5,14-20H2,1-3H3/p+2/t23-,26+,27+,30+/m1/s1. The molecule has 0 bridgehead atoms. The molecule has 3 heterocycles. The van der Waals surface area contributed by atoms with Crippen molar-refractivity contribution in [3.05, 3.63) is 65.2 Å². The number of hydrogen-bond donors (Lipinski definition) is 2. The largest absolute Gasteiger partial charge is 0.496 e. The Labute approximate surface area is 210 Å². The van der Waals surface area contributed by atoms with Crippen molar-refractivity contribution in [3.8, 4) is 5.75 Å². The Morgan fingerprint density at radius 3 is 2.60 bits per heavy atom. The van der Waals surface area contributed by atoms with Gasteiger partial charge in [-0.1, -0.05) is 69.2 Å². The average molecular weight is 478 g/mol. The van der Waals surface area contributed by atoms with Gasteiger partial charge < -0.3 is 20.3 Å². The zero-order valence-electron chi connectivity index (χ0n) is 21.7. The molecule has 2 aromatic rings. The van der Waals surface area contributed by atoms with Gasteiger partial charge in [0, 0.05) is 12.6 Å². The first-order valence-corrected chi connectivity index (χ1v) is 13.8. The molecule has 0 saturated carbocycles. The third kappa shape index (κ3) is 4.27. The van der Waals surface area contributed by atoms with Gasteiger partial charge in [0.25, 0.3) is 0 Å². The quantitative estimate of drug-likeness (QED) is 0.671. The van der Waals surface area contributed by atoms with E-state index in [4.69, 9.17) is 4.74 Å². The zero-order valence-corrected chi connectivity index (χ0v) is 21.7. The molecule has 1 amide bonds. The summed E-state index contributed by atoms with van der Waals surface area (Å²) in [5.74, 6) is 2.48. The van der Waals surface area contributed by atoms with Crippen molar-refractivity contribution in [2.24, 2.45) is 11.8 Å². The highest BCUT2D eigenvalue weighted by molar-refractivity contribution is 5.82. The number of likely N-dealkylation sites (tertiary alicyclic amines) is 1. The Balaban J connectivity index is 1.46. The second-order valence-electron chi connectivity index (χ2n) is 10.9. The van der Waals surface area contributed by atoms with Gasteiger partial charge in [0.15, 0.2) is 0 Å². The van der Waals surface area contributed by atoms with E-state index in [-0.39, 0.29) is 11.3 Å². The fraction of sp³-hybridized carbons (Fsp3) is 0.567. The number of rotatable bonds is 6. The molecule has 3 aliphatic rings. The number of piperidine rings is 1. The summed E-state index contributed by atoms with van der Waals surface area (Å²) in [7, 11) is 1.76. The molecule has 2 saturated heterocycles. The Bertz CT molecular complexity index is 1020. The van der Waals surface area contributed by atoms with Gasteiger partial charge in [-0.2, -0.15) is 0 Å². The van der Waals surface area contributed by atoms with E-state index >= 15 is 0 Å². The van der Waals surface area contributed by atoms with Crippen LogP contribution in [0, 0.1) is 11.8 Å². The zero-order chi connectivity index (χ0) is 24.4. The molecule has 2 aromatic carbocycles. The van der Waals surface area contributed by atoms with Crippen LogP contribution in [0.25, 0.3) is 0 Å². The molecular formula is C30H43N3O2+2. The van der Waals surface area contributed by atoms with Crippen molar-refractivity contribution in [3.63, 3.8) is 0 Å². The number of carbonyl (C=O) groups is 1. The maximum Gasteiger partial charge on any atom is 0.233 e. The summed E-state index contributed by atoms with van der Waals surface area (Å²) in [5.41, 5.74) is 3.95. The lowest BCUT2D eigenvalue weighted by Gasteiger charge is -2.46. The van der Waals surface area contributed by atoms with Gasteiger partial charge in [0.2, 0.25) is 5.91 Å². The van der Waals surface area contributed by atoms with Crippen LogP contribution in [0.4, 0.5) is 0 Å². The number of benzene rings is 2. The van der Waals surface area contributed by atoms with E-state index in [1.165, 1.54) is 16.7 Å². The molecule has 1 spiro atoms. The van der Waals surface area contributed by atoms with Crippen LogP contribution in [0.2, 0.25) is 0 Å². The predicted molar refractivity (Wildman–Crippen MR) is 138 cm³/mol. The van der Waals surface area contributed by atoms with Crippen molar-refractivity contribution in [1.82, 2.24) is 4.90 Å². The number of hydrogen-bond acceptors (Lipinski definition) is 2. The van der Waals surface area contributed by atoms with Crippen molar-refractivity contribution < 1.29 is 20.2 Å². The fourth-order valence-electron chi connectivity index (χ4n) is 7.53. The molecule has 4 N–H and O–H groups in total. The Kier molecular flexibility index (Phi) is 7.17. The summed E-state index contributed by atoms with van der Waals surface area (Å²) < 4.78 is 5.73. The lowest BCUT2D eigenvalue weighted by Crippen LogP contribution is -2.91. The smallest absolute Gasteiger partial charge is 0.233 e. The van der Waals surface area contributed by atoms with Crippen LogP contribution in [0.1, 0.15) is 62.1 Å². The van der Waals surface area contributed by atoms with E-state index in [1.807, 2.05) is 0 Å².